The number of anilines is 1. The van der Waals surface area contributed by atoms with E-state index in [-0.39, 0.29) is 12.8 Å². The minimum absolute atomic E-state index is 0.0665. The summed E-state index contributed by atoms with van der Waals surface area (Å²) >= 11 is 0. The number of hydrogen-bond acceptors (Lipinski definition) is 1. The molecule has 1 nitrogen and oxygen atoms in total. The third-order valence-corrected chi connectivity index (χ3v) is 3.23. The molecule has 0 unspecified atom stereocenters. The first kappa shape index (κ1) is 11.9. The van der Waals surface area contributed by atoms with Crippen molar-refractivity contribution in [1.29, 1.82) is 0 Å². The molecule has 3 heteroatoms. The highest BCUT2D eigenvalue weighted by Gasteiger charge is 2.33. The fourth-order valence-electron chi connectivity index (χ4n) is 2.10. The largest absolute Gasteiger partial charge is 0.371 e. The molecule has 2 rings (SSSR count). The fourth-order valence-corrected chi connectivity index (χ4v) is 2.10. The molecular weight excluding hydrogens is 220 g/mol. The third kappa shape index (κ3) is 2.58. The Bertz CT molecular complexity index is 450. The molecule has 1 fully saturated rings. The Balaban J connectivity index is 2.14. The summed E-state index contributed by atoms with van der Waals surface area (Å²) in [4.78, 5) is 1.99. The molecule has 0 atom stereocenters. The highest BCUT2D eigenvalue weighted by Crippen LogP contribution is 2.30. The molecule has 17 heavy (non-hydrogen) atoms. The number of halogens is 2. The third-order valence-electron chi connectivity index (χ3n) is 3.23. The van der Waals surface area contributed by atoms with Crippen LogP contribution in [0.2, 0.25) is 0 Å². The second kappa shape index (κ2) is 4.37. The molecule has 0 amide bonds. The quantitative estimate of drug-likeness (QED) is 0.676. The molecule has 0 aromatic heterocycles. The molecule has 0 radical (unpaired) electrons. The zero-order valence-corrected chi connectivity index (χ0v) is 9.84. The van der Waals surface area contributed by atoms with Gasteiger partial charge in [-0.05, 0) is 30.7 Å². The van der Waals surface area contributed by atoms with Gasteiger partial charge >= 0.3 is 0 Å². The molecule has 1 aliphatic heterocycles. The fraction of sp³-hybridized carbons (Fsp3) is 0.429. The predicted molar refractivity (Wildman–Crippen MR) is 65.5 cm³/mol. The molecular formula is C14H15F2N. The molecule has 0 bridgehead atoms. The van der Waals surface area contributed by atoms with Crippen molar-refractivity contribution in [2.45, 2.75) is 25.7 Å². The van der Waals surface area contributed by atoms with E-state index in [0.29, 0.717) is 13.1 Å². The maximum atomic E-state index is 13.0. The summed E-state index contributed by atoms with van der Waals surface area (Å²) in [6.45, 7) is 2.75. The van der Waals surface area contributed by atoms with Crippen molar-refractivity contribution in [2.75, 3.05) is 18.0 Å². The molecule has 1 aliphatic rings. The number of rotatable bonds is 1. The van der Waals surface area contributed by atoms with E-state index in [2.05, 4.69) is 5.92 Å². The molecule has 0 saturated carbocycles. The molecule has 1 heterocycles. The lowest BCUT2D eigenvalue weighted by molar-refractivity contribution is -0.0220. The van der Waals surface area contributed by atoms with Crippen LogP contribution in [0.5, 0.6) is 0 Å². The van der Waals surface area contributed by atoms with Crippen LogP contribution in [0.25, 0.3) is 0 Å². The summed E-state index contributed by atoms with van der Waals surface area (Å²) in [5.74, 6) is 0.104. The van der Waals surface area contributed by atoms with Gasteiger partial charge in [0.15, 0.2) is 0 Å². The molecule has 0 aliphatic carbocycles. The molecule has 1 aromatic carbocycles. The number of hydrogen-bond donors (Lipinski definition) is 0. The summed E-state index contributed by atoms with van der Waals surface area (Å²) in [5, 5.41) is 0. The van der Waals surface area contributed by atoms with Crippen LogP contribution in [0.3, 0.4) is 0 Å². The van der Waals surface area contributed by atoms with E-state index in [9.17, 15) is 8.78 Å². The van der Waals surface area contributed by atoms with E-state index in [1.165, 1.54) is 0 Å². The maximum Gasteiger partial charge on any atom is 0.251 e. The standard InChI is InChI=1S/C14H15F2N/c1-3-12-4-5-13(10-11(12)2)17-8-6-14(15,16)7-9-17/h1,4-5,10H,6-9H2,2H3. The summed E-state index contributed by atoms with van der Waals surface area (Å²) in [6.07, 6.45) is 5.22. The molecule has 90 valence electrons. The maximum absolute atomic E-state index is 13.0. The van der Waals surface area contributed by atoms with Gasteiger partial charge < -0.3 is 4.90 Å². The number of terminal acetylenes is 1. The van der Waals surface area contributed by atoms with Gasteiger partial charge in [-0.2, -0.15) is 0 Å². The van der Waals surface area contributed by atoms with Crippen molar-refractivity contribution in [2.24, 2.45) is 0 Å². The van der Waals surface area contributed by atoms with Gasteiger partial charge in [0.1, 0.15) is 0 Å². The van der Waals surface area contributed by atoms with Crippen molar-refractivity contribution in [3.63, 3.8) is 0 Å². The van der Waals surface area contributed by atoms with E-state index < -0.39 is 5.92 Å². The summed E-state index contributed by atoms with van der Waals surface area (Å²) in [6, 6.07) is 5.75. The molecule has 0 spiro atoms. The van der Waals surface area contributed by atoms with E-state index in [1.54, 1.807) is 0 Å². The Hall–Kier alpha value is -1.56. The normalized spacial score (nSPS) is 18.8. The highest BCUT2D eigenvalue weighted by atomic mass is 19.3. The molecule has 1 aromatic rings. The average Bonchev–Trinajstić information content (AvgIpc) is 2.29. The Morgan fingerprint density at radius 3 is 2.47 bits per heavy atom. The van der Waals surface area contributed by atoms with Gasteiger partial charge in [0, 0.05) is 37.2 Å². The number of benzene rings is 1. The summed E-state index contributed by atoms with van der Waals surface area (Å²) in [5.41, 5.74) is 2.86. The van der Waals surface area contributed by atoms with Crippen LogP contribution in [0, 0.1) is 19.3 Å². The van der Waals surface area contributed by atoms with Crippen molar-refractivity contribution < 1.29 is 8.78 Å². The first-order valence-corrected chi connectivity index (χ1v) is 5.72. The number of alkyl halides is 2. The summed E-state index contributed by atoms with van der Waals surface area (Å²) in [7, 11) is 0. The number of nitrogens with zero attached hydrogens (tertiary/aromatic N) is 1. The highest BCUT2D eigenvalue weighted by molar-refractivity contribution is 5.54. The first-order valence-electron chi connectivity index (χ1n) is 5.72. The van der Waals surface area contributed by atoms with Gasteiger partial charge in [-0.25, -0.2) is 8.78 Å². The second-order valence-corrected chi connectivity index (χ2v) is 4.49. The van der Waals surface area contributed by atoms with Crippen LogP contribution in [-0.2, 0) is 0 Å². The van der Waals surface area contributed by atoms with Gasteiger partial charge in [-0.1, -0.05) is 5.92 Å². The van der Waals surface area contributed by atoms with Crippen LogP contribution in [-0.4, -0.2) is 19.0 Å². The van der Waals surface area contributed by atoms with E-state index in [4.69, 9.17) is 6.42 Å². The van der Waals surface area contributed by atoms with Crippen molar-refractivity contribution in [3.8, 4) is 12.3 Å². The smallest absolute Gasteiger partial charge is 0.251 e. The van der Waals surface area contributed by atoms with Crippen LogP contribution < -0.4 is 4.90 Å². The first-order chi connectivity index (χ1) is 8.02. The van der Waals surface area contributed by atoms with E-state index in [0.717, 1.165) is 16.8 Å². The minimum atomic E-state index is -2.50. The van der Waals surface area contributed by atoms with Crippen molar-refractivity contribution >= 4 is 5.69 Å². The van der Waals surface area contributed by atoms with Gasteiger partial charge in [0.2, 0.25) is 0 Å². The van der Waals surface area contributed by atoms with Crippen LogP contribution in [0.4, 0.5) is 14.5 Å². The van der Waals surface area contributed by atoms with E-state index >= 15 is 0 Å². The van der Waals surface area contributed by atoms with Gasteiger partial charge in [0.25, 0.3) is 5.92 Å². The number of piperidine rings is 1. The van der Waals surface area contributed by atoms with Crippen LogP contribution >= 0.6 is 0 Å². The second-order valence-electron chi connectivity index (χ2n) is 4.49. The average molecular weight is 235 g/mol. The Morgan fingerprint density at radius 2 is 1.94 bits per heavy atom. The molecule has 0 N–H and O–H groups in total. The van der Waals surface area contributed by atoms with Crippen LogP contribution in [0.15, 0.2) is 18.2 Å². The minimum Gasteiger partial charge on any atom is -0.371 e. The lowest BCUT2D eigenvalue weighted by atomic mass is 10.0. The zero-order valence-electron chi connectivity index (χ0n) is 9.84. The topological polar surface area (TPSA) is 3.24 Å². The lowest BCUT2D eigenvalue weighted by Crippen LogP contribution is -2.39. The molecule has 1 saturated heterocycles. The van der Waals surface area contributed by atoms with Gasteiger partial charge in [-0.3, -0.25) is 0 Å². The monoisotopic (exact) mass is 235 g/mol. The Kier molecular flexibility index (Phi) is 3.06. The number of aryl methyl sites for hydroxylation is 1. The Morgan fingerprint density at radius 1 is 1.29 bits per heavy atom. The van der Waals surface area contributed by atoms with Gasteiger partial charge in [0.05, 0.1) is 0 Å². The van der Waals surface area contributed by atoms with E-state index in [1.807, 2.05) is 30.0 Å². The zero-order chi connectivity index (χ0) is 12.5. The van der Waals surface area contributed by atoms with Crippen LogP contribution in [0.1, 0.15) is 24.0 Å². The van der Waals surface area contributed by atoms with Crippen molar-refractivity contribution in [3.05, 3.63) is 29.3 Å². The predicted octanol–water partition coefficient (Wildman–Crippen LogP) is 3.21. The summed E-state index contributed by atoms with van der Waals surface area (Å²) < 4.78 is 26.1. The Labute approximate surface area is 100 Å². The van der Waals surface area contributed by atoms with Gasteiger partial charge in [-0.15, -0.1) is 6.42 Å². The lowest BCUT2D eigenvalue weighted by Gasteiger charge is -2.33. The SMILES string of the molecule is C#Cc1ccc(N2CCC(F)(F)CC2)cc1C. The van der Waals surface area contributed by atoms with Crippen molar-refractivity contribution in [1.82, 2.24) is 0 Å².